The molecule has 3 nitrogen and oxygen atoms in total. The molecule has 1 heterocycles. The van der Waals surface area contributed by atoms with E-state index in [0.717, 1.165) is 29.4 Å². The molecule has 0 aliphatic rings. The average Bonchev–Trinajstić information content (AvgIpc) is 2.63. The van der Waals surface area contributed by atoms with Crippen LogP contribution in [0.4, 0.5) is 0 Å². The second-order valence-corrected chi connectivity index (χ2v) is 5.96. The molecule has 5 heteroatoms. The van der Waals surface area contributed by atoms with Gasteiger partial charge in [-0.25, -0.2) is 0 Å². The monoisotopic (exact) mass is 373 g/mol. The number of benzene rings is 2. The largest absolute Gasteiger partial charge is 1.00 e. The Morgan fingerprint density at radius 3 is 2.32 bits per heavy atom. The van der Waals surface area contributed by atoms with Crippen LogP contribution in [0.2, 0.25) is 5.02 Å². The van der Waals surface area contributed by atoms with Crippen molar-refractivity contribution in [3.05, 3.63) is 94.8 Å². The number of nitrogens with zero attached hydrogens (tertiary/aromatic N) is 1. The van der Waals surface area contributed by atoms with Crippen molar-refractivity contribution in [1.29, 1.82) is 0 Å². The normalized spacial score (nSPS) is 10.1. The third-order valence-electron chi connectivity index (χ3n) is 3.62. The lowest BCUT2D eigenvalue weighted by atomic mass is 10.2. The maximum absolute atomic E-state index is 5.89. The maximum atomic E-state index is 5.89. The minimum absolute atomic E-state index is 0. The molecule has 0 saturated carbocycles. The molecule has 2 aromatic carbocycles. The van der Waals surface area contributed by atoms with Crippen molar-refractivity contribution in [2.45, 2.75) is 19.7 Å². The van der Waals surface area contributed by atoms with E-state index >= 15 is 0 Å². The van der Waals surface area contributed by atoms with Gasteiger partial charge >= 0.3 is 0 Å². The molecule has 0 aliphatic carbocycles. The molecule has 25 heavy (non-hydrogen) atoms. The van der Waals surface area contributed by atoms with Gasteiger partial charge in [-0.2, -0.15) is 0 Å². The van der Waals surface area contributed by atoms with Gasteiger partial charge in [0.05, 0.1) is 0 Å². The summed E-state index contributed by atoms with van der Waals surface area (Å²) in [5.41, 5.74) is 3.51. The Labute approximate surface area is 159 Å². The van der Waals surface area contributed by atoms with Crippen molar-refractivity contribution in [3.63, 3.8) is 0 Å². The van der Waals surface area contributed by atoms with Crippen molar-refractivity contribution in [2.75, 3.05) is 0 Å². The van der Waals surface area contributed by atoms with E-state index in [2.05, 4.69) is 22.4 Å². The summed E-state index contributed by atoms with van der Waals surface area (Å²) >= 11 is 5.89. The van der Waals surface area contributed by atoms with Gasteiger partial charge in [-0.3, -0.25) is 4.98 Å². The van der Waals surface area contributed by atoms with E-state index in [1.54, 1.807) is 0 Å². The minimum atomic E-state index is 0. The molecular weight excluding hydrogens is 355 g/mol. The minimum Gasteiger partial charge on any atom is -1.00 e. The third-order valence-corrected chi connectivity index (χ3v) is 3.88. The zero-order chi connectivity index (χ0) is 16.6. The van der Waals surface area contributed by atoms with Crippen LogP contribution in [0, 0.1) is 0 Å². The number of rotatable bonds is 7. The predicted octanol–water partition coefficient (Wildman–Crippen LogP) is 1.61. The molecule has 0 amide bonds. The zero-order valence-electron chi connectivity index (χ0n) is 13.7. The molecule has 0 atom stereocenters. The first kappa shape index (κ1) is 19.3. The molecule has 1 aromatic heterocycles. The zero-order valence-corrected chi connectivity index (χ0v) is 15.2. The van der Waals surface area contributed by atoms with Gasteiger partial charge in [0.25, 0.3) is 0 Å². The van der Waals surface area contributed by atoms with E-state index in [1.807, 2.05) is 60.9 Å². The summed E-state index contributed by atoms with van der Waals surface area (Å²) in [6, 6.07) is 19.9. The Hall–Kier alpha value is -2.07. The SMILES string of the molecule is Clc1ccc(COc2cccc(CNCc3ccncc3)c2)cc1.[Cl-]. The van der Waals surface area contributed by atoms with Crippen molar-refractivity contribution in [2.24, 2.45) is 0 Å². The van der Waals surface area contributed by atoms with Crippen LogP contribution in [0.1, 0.15) is 16.7 Å². The number of hydrogen-bond acceptors (Lipinski definition) is 3. The number of ether oxygens (including phenoxy) is 1. The first-order chi connectivity index (χ1) is 11.8. The molecule has 0 saturated heterocycles. The molecule has 0 aliphatic heterocycles. The number of halogens is 2. The van der Waals surface area contributed by atoms with Crippen LogP contribution in [0.5, 0.6) is 5.75 Å². The van der Waals surface area contributed by atoms with Gasteiger partial charge in [0.2, 0.25) is 0 Å². The predicted molar refractivity (Wildman–Crippen MR) is 97.0 cm³/mol. The van der Waals surface area contributed by atoms with Crippen molar-refractivity contribution >= 4 is 11.6 Å². The Morgan fingerprint density at radius 1 is 0.840 bits per heavy atom. The van der Waals surface area contributed by atoms with E-state index in [1.165, 1.54) is 11.1 Å². The summed E-state index contributed by atoms with van der Waals surface area (Å²) in [5, 5.41) is 4.16. The average molecular weight is 374 g/mol. The fourth-order valence-corrected chi connectivity index (χ4v) is 2.47. The molecule has 130 valence electrons. The summed E-state index contributed by atoms with van der Waals surface area (Å²) in [4.78, 5) is 4.02. The molecule has 0 radical (unpaired) electrons. The molecule has 0 spiro atoms. The van der Waals surface area contributed by atoms with Crippen molar-refractivity contribution in [1.82, 2.24) is 10.3 Å². The molecule has 1 N–H and O–H groups in total. The van der Waals surface area contributed by atoms with E-state index < -0.39 is 0 Å². The maximum Gasteiger partial charge on any atom is 0.120 e. The Balaban J connectivity index is 0.00000225. The highest BCUT2D eigenvalue weighted by Gasteiger charge is 1.99. The van der Waals surface area contributed by atoms with Gasteiger partial charge < -0.3 is 22.5 Å². The summed E-state index contributed by atoms with van der Waals surface area (Å²) < 4.78 is 5.86. The van der Waals surface area contributed by atoms with Gasteiger partial charge in [0.15, 0.2) is 0 Å². The van der Waals surface area contributed by atoms with Crippen molar-refractivity contribution < 1.29 is 17.1 Å². The summed E-state index contributed by atoms with van der Waals surface area (Å²) in [6.45, 7) is 2.14. The number of aromatic nitrogens is 1. The first-order valence-corrected chi connectivity index (χ1v) is 8.23. The van der Waals surface area contributed by atoms with Crippen LogP contribution in [0.15, 0.2) is 73.1 Å². The molecule has 0 unspecified atom stereocenters. The van der Waals surface area contributed by atoms with Crippen molar-refractivity contribution in [3.8, 4) is 5.75 Å². The van der Waals surface area contributed by atoms with E-state index in [4.69, 9.17) is 16.3 Å². The van der Waals surface area contributed by atoms with Crippen LogP contribution in [-0.2, 0) is 19.7 Å². The second-order valence-electron chi connectivity index (χ2n) is 5.52. The van der Waals surface area contributed by atoms with E-state index in [9.17, 15) is 0 Å². The van der Waals surface area contributed by atoms with Gasteiger partial charge in [-0.15, -0.1) is 0 Å². The highest BCUT2D eigenvalue weighted by Crippen LogP contribution is 2.16. The van der Waals surface area contributed by atoms with Crippen LogP contribution in [0.25, 0.3) is 0 Å². The van der Waals surface area contributed by atoms with Gasteiger partial charge in [-0.1, -0.05) is 35.9 Å². The smallest absolute Gasteiger partial charge is 0.120 e. The van der Waals surface area contributed by atoms with Crippen LogP contribution in [-0.4, -0.2) is 4.98 Å². The Bertz CT molecular complexity index is 764. The number of hydrogen-bond donors (Lipinski definition) is 1. The number of pyridine rings is 1. The molecule has 3 rings (SSSR count). The Morgan fingerprint density at radius 2 is 1.56 bits per heavy atom. The van der Waals surface area contributed by atoms with E-state index in [0.29, 0.717) is 6.61 Å². The van der Waals surface area contributed by atoms with Crippen LogP contribution < -0.4 is 22.5 Å². The Kier molecular flexibility index (Phi) is 7.74. The fourth-order valence-electron chi connectivity index (χ4n) is 2.34. The highest BCUT2D eigenvalue weighted by atomic mass is 35.5. The molecule has 0 fully saturated rings. The van der Waals surface area contributed by atoms with E-state index in [-0.39, 0.29) is 12.4 Å². The lowest BCUT2D eigenvalue weighted by molar-refractivity contribution is -0.00000520. The lowest BCUT2D eigenvalue weighted by Gasteiger charge is -2.09. The molecule has 3 aromatic rings. The lowest BCUT2D eigenvalue weighted by Crippen LogP contribution is -3.00. The second kappa shape index (κ2) is 10.0. The standard InChI is InChI=1S/C20H19ClN2O.ClH/c21-19-6-4-17(5-7-19)15-24-20-3-1-2-18(12-20)14-23-13-16-8-10-22-11-9-16;/h1-12,23H,13-15H2;1H/p-1. The quantitative estimate of drug-likeness (QED) is 0.683. The third kappa shape index (κ3) is 6.39. The fraction of sp³-hybridized carbons (Fsp3) is 0.150. The van der Waals surface area contributed by atoms with Crippen LogP contribution in [0.3, 0.4) is 0 Å². The van der Waals surface area contributed by atoms with Gasteiger partial charge in [0, 0.05) is 30.5 Å². The molecule has 0 bridgehead atoms. The number of nitrogens with one attached hydrogen (secondary N) is 1. The first-order valence-electron chi connectivity index (χ1n) is 7.85. The molecular formula is C20H19Cl2N2O-. The topological polar surface area (TPSA) is 34.1 Å². The van der Waals surface area contributed by atoms with Gasteiger partial charge in [0.1, 0.15) is 12.4 Å². The summed E-state index contributed by atoms with van der Waals surface area (Å²) in [5.74, 6) is 0.869. The summed E-state index contributed by atoms with van der Waals surface area (Å²) in [7, 11) is 0. The highest BCUT2D eigenvalue weighted by molar-refractivity contribution is 6.30. The van der Waals surface area contributed by atoms with Gasteiger partial charge in [-0.05, 0) is 53.1 Å². The summed E-state index contributed by atoms with van der Waals surface area (Å²) in [6.07, 6.45) is 3.62. The van der Waals surface area contributed by atoms with Crippen LogP contribution >= 0.6 is 11.6 Å².